The average molecular weight is 352 g/mol. The molecule has 1 aliphatic rings. The molecular weight excluding hydrogens is 328 g/mol. The van der Waals surface area contributed by atoms with E-state index in [1.807, 2.05) is 54.3 Å². The van der Waals surface area contributed by atoms with E-state index >= 15 is 0 Å². The van der Waals surface area contributed by atoms with Gasteiger partial charge < -0.3 is 14.5 Å². The third kappa shape index (κ3) is 3.72. The first-order valence-corrected chi connectivity index (χ1v) is 9.00. The van der Waals surface area contributed by atoms with Gasteiger partial charge in [0.05, 0.1) is 12.3 Å². The van der Waals surface area contributed by atoms with Gasteiger partial charge in [0.25, 0.3) is 0 Å². The van der Waals surface area contributed by atoms with E-state index in [0.29, 0.717) is 31.1 Å². The first-order valence-electron chi connectivity index (χ1n) is 9.00. The van der Waals surface area contributed by atoms with Gasteiger partial charge in [0.2, 0.25) is 11.8 Å². The molecule has 3 rings (SSSR count). The maximum Gasteiger partial charge on any atom is 0.228 e. The number of rotatable bonds is 6. The maximum absolute atomic E-state index is 12.7. The van der Waals surface area contributed by atoms with Crippen molar-refractivity contribution in [2.24, 2.45) is 0 Å². The van der Waals surface area contributed by atoms with Gasteiger partial charge in [-0.15, -0.1) is 0 Å². The van der Waals surface area contributed by atoms with Gasteiger partial charge in [-0.2, -0.15) is 0 Å². The van der Waals surface area contributed by atoms with Crippen molar-refractivity contribution < 1.29 is 14.3 Å². The number of fused-ring (bicyclic) bond motifs is 1. The summed E-state index contributed by atoms with van der Waals surface area (Å²) in [6.07, 6.45) is 1.15. The molecule has 5 heteroatoms. The Morgan fingerprint density at radius 2 is 1.85 bits per heavy atom. The molecule has 0 saturated carbocycles. The largest absolute Gasteiger partial charge is 0.492 e. The first kappa shape index (κ1) is 18.0. The minimum Gasteiger partial charge on any atom is -0.492 e. The Labute approximate surface area is 154 Å². The lowest BCUT2D eigenvalue weighted by Gasteiger charge is -2.25. The fourth-order valence-corrected chi connectivity index (χ4v) is 3.34. The van der Waals surface area contributed by atoms with E-state index in [-0.39, 0.29) is 18.2 Å². The minimum absolute atomic E-state index is 0.0371. The van der Waals surface area contributed by atoms with Gasteiger partial charge >= 0.3 is 0 Å². The van der Waals surface area contributed by atoms with E-state index in [1.165, 1.54) is 12.5 Å². The average Bonchev–Trinajstić information content (AvgIpc) is 3.07. The standard InChI is InChI=1S/C21H24N2O3/c1-3-26-20-11-7-6-10-19(20)22(16(2)24)15-13-21(25)23-14-12-17-8-4-5-9-18(17)23/h4-11H,3,12-15H2,1-2H3. The van der Waals surface area contributed by atoms with E-state index in [0.717, 1.165) is 12.1 Å². The van der Waals surface area contributed by atoms with E-state index in [2.05, 4.69) is 6.07 Å². The number of anilines is 2. The van der Waals surface area contributed by atoms with Crippen LogP contribution < -0.4 is 14.5 Å². The van der Waals surface area contributed by atoms with Crippen LogP contribution in [0, 0.1) is 0 Å². The predicted octanol–water partition coefficient (Wildman–Crippen LogP) is 3.42. The summed E-state index contributed by atoms with van der Waals surface area (Å²) in [7, 11) is 0. The molecule has 0 aliphatic carbocycles. The molecule has 0 atom stereocenters. The van der Waals surface area contributed by atoms with E-state index in [1.54, 1.807) is 4.90 Å². The van der Waals surface area contributed by atoms with Crippen LogP contribution in [-0.4, -0.2) is 31.5 Å². The summed E-state index contributed by atoms with van der Waals surface area (Å²) in [5.41, 5.74) is 2.89. The zero-order valence-electron chi connectivity index (χ0n) is 15.3. The first-order chi connectivity index (χ1) is 12.6. The molecule has 0 aromatic heterocycles. The zero-order valence-corrected chi connectivity index (χ0v) is 15.3. The fourth-order valence-electron chi connectivity index (χ4n) is 3.34. The number of benzene rings is 2. The molecule has 2 aromatic carbocycles. The molecule has 2 amide bonds. The van der Waals surface area contributed by atoms with Crippen LogP contribution in [-0.2, 0) is 16.0 Å². The van der Waals surface area contributed by atoms with Gasteiger partial charge in [-0.3, -0.25) is 9.59 Å². The highest BCUT2D eigenvalue weighted by Crippen LogP contribution is 2.30. The highest BCUT2D eigenvalue weighted by Gasteiger charge is 2.25. The maximum atomic E-state index is 12.7. The molecule has 136 valence electrons. The van der Waals surface area contributed by atoms with Crippen molar-refractivity contribution in [3.8, 4) is 5.75 Å². The van der Waals surface area contributed by atoms with Gasteiger partial charge in [0.1, 0.15) is 5.75 Å². The molecule has 1 aliphatic heterocycles. The van der Waals surface area contributed by atoms with Crippen molar-refractivity contribution in [3.63, 3.8) is 0 Å². The number of carbonyl (C=O) groups excluding carboxylic acids is 2. The van der Waals surface area contributed by atoms with Crippen molar-refractivity contribution in [2.45, 2.75) is 26.7 Å². The molecule has 0 radical (unpaired) electrons. The molecule has 0 fully saturated rings. The molecule has 0 N–H and O–H groups in total. The summed E-state index contributed by atoms with van der Waals surface area (Å²) in [5, 5.41) is 0. The molecule has 26 heavy (non-hydrogen) atoms. The Balaban J connectivity index is 1.72. The van der Waals surface area contributed by atoms with E-state index < -0.39 is 0 Å². The summed E-state index contributed by atoms with van der Waals surface area (Å²) in [6.45, 7) is 4.97. The lowest BCUT2D eigenvalue weighted by molar-refractivity contribution is -0.118. The summed E-state index contributed by atoms with van der Waals surface area (Å²) in [4.78, 5) is 28.3. The Hall–Kier alpha value is -2.82. The van der Waals surface area contributed by atoms with Crippen molar-refractivity contribution in [3.05, 3.63) is 54.1 Å². The SMILES string of the molecule is CCOc1ccccc1N(CCC(=O)N1CCc2ccccc21)C(C)=O. The summed E-state index contributed by atoms with van der Waals surface area (Å²) >= 11 is 0. The summed E-state index contributed by atoms with van der Waals surface area (Å²) in [5.74, 6) is 0.589. The van der Waals surface area contributed by atoms with Crippen molar-refractivity contribution in [2.75, 3.05) is 29.5 Å². The number of amides is 2. The summed E-state index contributed by atoms with van der Waals surface area (Å²) in [6, 6.07) is 15.4. The number of hydrogen-bond acceptors (Lipinski definition) is 3. The number of hydrogen-bond donors (Lipinski definition) is 0. The van der Waals surface area contributed by atoms with Crippen LogP contribution in [0.1, 0.15) is 25.8 Å². The Kier molecular flexibility index (Phi) is 5.56. The van der Waals surface area contributed by atoms with E-state index in [4.69, 9.17) is 4.74 Å². The van der Waals surface area contributed by atoms with Crippen LogP contribution in [0.4, 0.5) is 11.4 Å². The molecule has 0 unspecified atom stereocenters. The van der Waals surface area contributed by atoms with Gasteiger partial charge in [-0.25, -0.2) is 0 Å². The van der Waals surface area contributed by atoms with Crippen molar-refractivity contribution in [1.29, 1.82) is 0 Å². The molecule has 0 saturated heterocycles. The number of nitrogens with zero attached hydrogens (tertiary/aromatic N) is 2. The van der Waals surface area contributed by atoms with Crippen LogP contribution in [0.2, 0.25) is 0 Å². The topological polar surface area (TPSA) is 49.9 Å². The molecule has 2 aromatic rings. The normalized spacial score (nSPS) is 12.6. The van der Waals surface area contributed by atoms with Gasteiger partial charge in [0, 0.05) is 32.1 Å². The second-order valence-electron chi connectivity index (χ2n) is 6.25. The minimum atomic E-state index is -0.105. The highest BCUT2D eigenvalue weighted by molar-refractivity contribution is 5.98. The Morgan fingerprint density at radius 1 is 1.12 bits per heavy atom. The van der Waals surface area contributed by atoms with Crippen molar-refractivity contribution in [1.82, 2.24) is 0 Å². The number of carbonyl (C=O) groups is 2. The van der Waals surface area contributed by atoms with Crippen LogP contribution in [0.5, 0.6) is 5.75 Å². The summed E-state index contributed by atoms with van der Waals surface area (Å²) < 4.78 is 5.63. The van der Waals surface area contributed by atoms with Crippen molar-refractivity contribution >= 4 is 23.2 Å². The van der Waals surface area contributed by atoms with Crippen LogP contribution in [0.25, 0.3) is 0 Å². The smallest absolute Gasteiger partial charge is 0.228 e. The second-order valence-corrected chi connectivity index (χ2v) is 6.25. The fraction of sp³-hybridized carbons (Fsp3) is 0.333. The molecule has 5 nitrogen and oxygen atoms in total. The van der Waals surface area contributed by atoms with Crippen LogP contribution >= 0.6 is 0 Å². The van der Waals surface area contributed by atoms with E-state index in [9.17, 15) is 9.59 Å². The molecular formula is C21H24N2O3. The monoisotopic (exact) mass is 352 g/mol. The van der Waals surface area contributed by atoms with Gasteiger partial charge in [-0.1, -0.05) is 30.3 Å². The van der Waals surface area contributed by atoms with Gasteiger partial charge in [0.15, 0.2) is 0 Å². The van der Waals surface area contributed by atoms with Crippen LogP contribution in [0.15, 0.2) is 48.5 Å². The quantitative estimate of drug-likeness (QED) is 0.800. The third-order valence-electron chi connectivity index (χ3n) is 4.57. The number of ether oxygens (including phenoxy) is 1. The Bertz CT molecular complexity index is 803. The molecule has 1 heterocycles. The lowest BCUT2D eigenvalue weighted by Crippen LogP contribution is -2.36. The number of para-hydroxylation sites is 3. The Morgan fingerprint density at radius 3 is 2.62 bits per heavy atom. The predicted molar refractivity (Wildman–Crippen MR) is 103 cm³/mol. The highest BCUT2D eigenvalue weighted by atomic mass is 16.5. The third-order valence-corrected chi connectivity index (χ3v) is 4.57. The van der Waals surface area contributed by atoms with Crippen LogP contribution in [0.3, 0.4) is 0 Å². The lowest BCUT2D eigenvalue weighted by atomic mass is 10.2. The second kappa shape index (κ2) is 8.04. The zero-order chi connectivity index (χ0) is 18.5. The molecule has 0 bridgehead atoms. The van der Waals surface area contributed by atoms with Gasteiger partial charge in [-0.05, 0) is 37.1 Å². The molecule has 0 spiro atoms.